The normalized spacial score (nSPS) is 24.0. The van der Waals surface area contributed by atoms with Crippen molar-refractivity contribution in [2.45, 2.75) is 25.7 Å². The monoisotopic (exact) mass is 180 g/mol. The van der Waals surface area contributed by atoms with E-state index in [0.717, 1.165) is 6.92 Å². The minimum Gasteiger partial charge on any atom is -0.396 e. The van der Waals surface area contributed by atoms with Gasteiger partial charge in [0.25, 0.3) is 5.92 Å². The number of hydrogen-bond acceptors (Lipinski definition) is 2. The summed E-state index contributed by atoms with van der Waals surface area (Å²) in [5.41, 5.74) is -1.24. The lowest BCUT2D eigenvalue weighted by atomic mass is 9.76. The van der Waals surface area contributed by atoms with Crippen LogP contribution in [0, 0.1) is 5.41 Å². The maximum atomic E-state index is 13.0. The average Bonchev–Trinajstić information content (AvgIpc) is 2.04. The summed E-state index contributed by atoms with van der Waals surface area (Å²) in [5, 5.41) is 8.94. The molecule has 0 saturated carbocycles. The number of hydrogen-bond donors (Lipinski definition) is 1. The van der Waals surface area contributed by atoms with E-state index >= 15 is 0 Å². The number of aliphatic hydroxyl groups excluding tert-OH is 1. The van der Waals surface area contributed by atoms with Gasteiger partial charge in [0.1, 0.15) is 0 Å². The second-order valence-electron chi connectivity index (χ2n) is 3.44. The molecule has 1 fully saturated rings. The van der Waals surface area contributed by atoms with Crippen molar-refractivity contribution in [1.82, 2.24) is 0 Å². The van der Waals surface area contributed by atoms with Gasteiger partial charge in [-0.1, -0.05) is 0 Å². The van der Waals surface area contributed by atoms with Gasteiger partial charge in [0.05, 0.1) is 12.0 Å². The van der Waals surface area contributed by atoms with Crippen LogP contribution in [0.3, 0.4) is 0 Å². The number of halogens is 2. The Kier molecular flexibility index (Phi) is 2.68. The van der Waals surface area contributed by atoms with E-state index in [4.69, 9.17) is 9.84 Å². The van der Waals surface area contributed by atoms with Gasteiger partial charge in [0.15, 0.2) is 0 Å². The topological polar surface area (TPSA) is 29.5 Å². The van der Waals surface area contributed by atoms with E-state index in [9.17, 15) is 8.78 Å². The largest absolute Gasteiger partial charge is 0.396 e. The second kappa shape index (κ2) is 3.26. The van der Waals surface area contributed by atoms with E-state index < -0.39 is 17.9 Å². The van der Waals surface area contributed by atoms with Gasteiger partial charge in [0, 0.05) is 13.2 Å². The second-order valence-corrected chi connectivity index (χ2v) is 3.44. The van der Waals surface area contributed by atoms with Crippen LogP contribution < -0.4 is 0 Å². The van der Waals surface area contributed by atoms with Gasteiger partial charge >= 0.3 is 0 Å². The molecular formula is C8H14F2O2. The Labute approximate surface area is 70.5 Å². The van der Waals surface area contributed by atoms with Gasteiger partial charge in [-0.3, -0.25) is 0 Å². The van der Waals surface area contributed by atoms with Gasteiger partial charge in [-0.2, -0.15) is 0 Å². The zero-order chi connectivity index (χ0) is 9.24. The van der Waals surface area contributed by atoms with Crippen molar-refractivity contribution in [2.75, 3.05) is 19.8 Å². The quantitative estimate of drug-likeness (QED) is 0.696. The highest BCUT2D eigenvalue weighted by Gasteiger charge is 2.50. The molecule has 4 heteroatoms. The van der Waals surface area contributed by atoms with Crippen LogP contribution in [0.2, 0.25) is 0 Å². The van der Waals surface area contributed by atoms with E-state index in [2.05, 4.69) is 0 Å². The molecular weight excluding hydrogens is 166 g/mol. The average molecular weight is 180 g/mol. The van der Waals surface area contributed by atoms with E-state index in [1.54, 1.807) is 0 Å². The molecule has 0 aromatic heterocycles. The van der Waals surface area contributed by atoms with Gasteiger partial charge in [-0.05, 0) is 19.8 Å². The predicted octanol–water partition coefficient (Wildman–Crippen LogP) is 1.43. The van der Waals surface area contributed by atoms with Crippen molar-refractivity contribution in [2.24, 2.45) is 5.41 Å². The van der Waals surface area contributed by atoms with Crippen molar-refractivity contribution >= 4 is 0 Å². The van der Waals surface area contributed by atoms with Crippen LogP contribution in [0.25, 0.3) is 0 Å². The van der Waals surface area contributed by atoms with Crippen LogP contribution in [0.4, 0.5) is 8.78 Å². The third-order valence-electron chi connectivity index (χ3n) is 2.68. The van der Waals surface area contributed by atoms with E-state index in [1.165, 1.54) is 0 Å². The summed E-state index contributed by atoms with van der Waals surface area (Å²) in [5.74, 6) is -2.81. The Bertz CT molecular complexity index is 148. The standard InChI is InChI=1S/C8H14F2O2/c1-7(9,10)8(6-11)2-4-12-5-3-8/h11H,2-6H2,1H3. The van der Waals surface area contributed by atoms with Crippen LogP contribution in [-0.2, 0) is 4.74 Å². The highest BCUT2D eigenvalue weighted by atomic mass is 19.3. The van der Waals surface area contributed by atoms with E-state index in [0.29, 0.717) is 13.2 Å². The molecule has 2 nitrogen and oxygen atoms in total. The van der Waals surface area contributed by atoms with Gasteiger partial charge in [-0.25, -0.2) is 8.78 Å². The third-order valence-corrected chi connectivity index (χ3v) is 2.68. The van der Waals surface area contributed by atoms with Crippen molar-refractivity contribution in [1.29, 1.82) is 0 Å². The SMILES string of the molecule is CC(F)(F)C1(CO)CCOCC1. The molecule has 0 aromatic rings. The molecule has 0 aliphatic carbocycles. The maximum absolute atomic E-state index is 13.0. The Balaban J connectivity index is 2.73. The summed E-state index contributed by atoms with van der Waals surface area (Å²) < 4.78 is 31.1. The number of ether oxygens (including phenoxy) is 1. The fourth-order valence-electron chi connectivity index (χ4n) is 1.50. The van der Waals surface area contributed by atoms with Crippen LogP contribution in [0.1, 0.15) is 19.8 Å². The molecule has 1 saturated heterocycles. The van der Waals surface area contributed by atoms with Crippen molar-refractivity contribution in [3.05, 3.63) is 0 Å². The molecule has 0 spiro atoms. The fourth-order valence-corrected chi connectivity index (χ4v) is 1.50. The molecule has 0 aromatic carbocycles. The summed E-state index contributed by atoms with van der Waals surface area (Å²) in [6.45, 7) is 1.06. The number of alkyl halides is 2. The fraction of sp³-hybridized carbons (Fsp3) is 1.00. The van der Waals surface area contributed by atoms with E-state index in [1.807, 2.05) is 0 Å². The van der Waals surface area contributed by atoms with Crippen LogP contribution in [0.15, 0.2) is 0 Å². The predicted molar refractivity (Wildman–Crippen MR) is 40.2 cm³/mol. The molecule has 0 radical (unpaired) electrons. The maximum Gasteiger partial charge on any atom is 0.253 e. The first-order valence-corrected chi connectivity index (χ1v) is 4.08. The Hall–Kier alpha value is -0.220. The lowest BCUT2D eigenvalue weighted by Crippen LogP contribution is -2.46. The summed E-state index contributed by atoms with van der Waals surface area (Å²) in [6.07, 6.45) is 0.486. The smallest absolute Gasteiger partial charge is 0.253 e. The van der Waals surface area contributed by atoms with Crippen LogP contribution >= 0.6 is 0 Å². The first-order valence-electron chi connectivity index (χ1n) is 4.08. The molecule has 1 rings (SSSR count). The highest BCUT2D eigenvalue weighted by Crippen LogP contribution is 2.43. The Morgan fingerprint density at radius 1 is 1.42 bits per heavy atom. The highest BCUT2D eigenvalue weighted by molar-refractivity contribution is 4.91. The summed E-state index contributed by atoms with van der Waals surface area (Å²) in [7, 11) is 0. The number of aliphatic hydroxyl groups is 1. The molecule has 0 bridgehead atoms. The molecule has 0 amide bonds. The van der Waals surface area contributed by atoms with Gasteiger partial charge < -0.3 is 9.84 Å². The van der Waals surface area contributed by atoms with Crippen molar-refractivity contribution in [3.63, 3.8) is 0 Å². The molecule has 72 valence electrons. The lowest BCUT2D eigenvalue weighted by Gasteiger charge is -2.39. The summed E-state index contributed by atoms with van der Waals surface area (Å²) in [6, 6.07) is 0. The zero-order valence-corrected chi connectivity index (χ0v) is 7.15. The molecule has 1 N–H and O–H groups in total. The minimum absolute atomic E-state index is 0.243. The number of rotatable bonds is 2. The first kappa shape index (κ1) is 9.86. The molecule has 0 atom stereocenters. The lowest BCUT2D eigenvalue weighted by molar-refractivity contribution is -0.168. The summed E-state index contributed by atoms with van der Waals surface area (Å²) >= 11 is 0. The van der Waals surface area contributed by atoms with Crippen molar-refractivity contribution in [3.8, 4) is 0 Å². The van der Waals surface area contributed by atoms with Gasteiger partial charge in [0.2, 0.25) is 0 Å². The molecule has 0 unspecified atom stereocenters. The molecule has 1 heterocycles. The Morgan fingerprint density at radius 3 is 2.17 bits per heavy atom. The van der Waals surface area contributed by atoms with Crippen LogP contribution in [-0.4, -0.2) is 30.8 Å². The molecule has 1 aliphatic heterocycles. The summed E-state index contributed by atoms with van der Waals surface area (Å²) in [4.78, 5) is 0. The molecule has 12 heavy (non-hydrogen) atoms. The minimum atomic E-state index is -2.81. The first-order chi connectivity index (χ1) is 5.52. The van der Waals surface area contributed by atoms with Gasteiger partial charge in [-0.15, -0.1) is 0 Å². The van der Waals surface area contributed by atoms with E-state index in [-0.39, 0.29) is 12.8 Å². The van der Waals surface area contributed by atoms with Crippen LogP contribution in [0.5, 0.6) is 0 Å². The zero-order valence-electron chi connectivity index (χ0n) is 7.15. The Morgan fingerprint density at radius 2 is 1.92 bits per heavy atom. The third kappa shape index (κ3) is 1.59. The molecule has 1 aliphatic rings. The van der Waals surface area contributed by atoms with Crippen molar-refractivity contribution < 1.29 is 18.6 Å².